The summed E-state index contributed by atoms with van der Waals surface area (Å²) in [6, 6.07) is 21.5. The molecular weight excluding hydrogens is 522 g/mol. The van der Waals surface area contributed by atoms with Crippen molar-refractivity contribution in [1.29, 1.82) is 0 Å². The number of aryl methyl sites for hydroxylation is 1. The van der Waals surface area contributed by atoms with E-state index in [9.17, 15) is 14.7 Å². The molecule has 6 aromatic rings. The highest BCUT2D eigenvalue weighted by Crippen LogP contribution is 2.45. The second-order valence-corrected chi connectivity index (χ2v) is 10.7. The van der Waals surface area contributed by atoms with Crippen LogP contribution in [0.25, 0.3) is 54.9 Å². The molecule has 0 aliphatic heterocycles. The molecule has 2 aromatic carbocycles. The van der Waals surface area contributed by atoms with Crippen LogP contribution in [0.2, 0.25) is 0 Å². The molecule has 4 heterocycles. The highest BCUT2D eigenvalue weighted by atomic mass is 32.1. The van der Waals surface area contributed by atoms with Crippen LogP contribution in [-0.2, 0) is 11.3 Å². The van der Waals surface area contributed by atoms with Gasteiger partial charge in [-0.3, -0.25) is 14.8 Å². The van der Waals surface area contributed by atoms with Gasteiger partial charge in [0.25, 0.3) is 0 Å². The zero-order valence-corrected chi connectivity index (χ0v) is 22.9. The summed E-state index contributed by atoms with van der Waals surface area (Å²) in [7, 11) is 3.43. The predicted molar refractivity (Wildman–Crippen MR) is 157 cm³/mol. The lowest BCUT2D eigenvalue weighted by Crippen LogP contribution is -2.26. The van der Waals surface area contributed by atoms with Gasteiger partial charge in [-0.15, -0.1) is 11.3 Å². The summed E-state index contributed by atoms with van der Waals surface area (Å²) in [6.07, 6.45) is 3.32. The van der Waals surface area contributed by atoms with E-state index >= 15 is 0 Å². The Morgan fingerprint density at radius 1 is 0.950 bits per heavy atom. The maximum atomic E-state index is 13.0. The van der Waals surface area contributed by atoms with Gasteiger partial charge >= 0.3 is 5.97 Å². The first kappa shape index (κ1) is 25.4. The number of rotatable bonds is 6. The number of hydrogen-bond acceptors (Lipinski definition) is 6. The number of carbonyl (C=O) groups is 2. The van der Waals surface area contributed by atoms with E-state index in [0.29, 0.717) is 0 Å². The number of thiophene rings is 1. The number of carboxylic acid groups (broad SMARTS) is 1. The quantitative estimate of drug-likeness (QED) is 0.269. The van der Waals surface area contributed by atoms with E-state index < -0.39 is 5.97 Å². The Balaban J connectivity index is 1.59. The fourth-order valence-corrected chi connectivity index (χ4v) is 5.97. The van der Waals surface area contributed by atoms with Gasteiger partial charge in [-0.1, -0.05) is 42.5 Å². The molecule has 9 heteroatoms. The topological polar surface area (TPSA) is 101 Å². The molecule has 0 aliphatic carbocycles. The Morgan fingerprint density at radius 2 is 1.73 bits per heavy atom. The van der Waals surface area contributed by atoms with Crippen molar-refractivity contribution in [1.82, 2.24) is 24.4 Å². The van der Waals surface area contributed by atoms with E-state index in [1.165, 1.54) is 11.3 Å². The van der Waals surface area contributed by atoms with Crippen molar-refractivity contribution in [3.8, 4) is 33.8 Å². The number of fused-ring (bicyclic) bond motifs is 2. The molecule has 0 saturated heterocycles. The average molecular weight is 548 g/mol. The number of benzene rings is 2. The molecule has 1 N–H and O–H groups in total. The molecule has 0 bridgehead atoms. The Labute approximate surface area is 234 Å². The normalized spacial score (nSPS) is 11.3. The molecule has 0 spiro atoms. The molecule has 0 unspecified atom stereocenters. The van der Waals surface area contributed by atoms with Crippen molar-refractivity contribution in [3.63, 3.8) is 0 Å². The first-order valence-corrected chi connectivity index (χ1v) is 13.5. The maximum Gasteiger partial charge on any atom is 0.345 e. The van der Waals surface area contributed by atoms with Gasteiger partial charge in [0.1, 0.15) is 17.1 Å². The number of likely N-dealkylation sites (N-methyl/N-ethyl adjacent to an activating group) is 1. The zero-order valence-electron chi connectivity index (χ0n) is 22.1. The van der Waals surface area contributed by atoms with E-state index in [4.69, 9.17) is 4.98 Å². The third-order valence-corrected chi connectivity index (χ3v) is 8.02. The van der Waals surface area contributed by atoms with Crippen molar-refractivity contribution in [2.75, 3.05) is 14.1 Å². The minimum atomic E-state index is -0.988. The Hall–Kier alpha value is -4.89. The third kappa shape index (κ3) is 4.40. The molecule has 0 saturated carbocycles. The highest BCUT2D eigenvalue weighted by molar-refractivity contribution is 7.21. The molecule has 0 atom stereocenters. The van der Waals surface area contributed by atoms with Crippen LogP contribution in [-0.4, -0.2) is 55.5 Å². The number of nitrogens with zero attached hydrogens (tertiary/aromatic N) is 5. The first-order valence-electron chi connectivity index (χ1n) is 12.7. The van der Waals surface area contributed by atoms with Gasteiger partial charge in [-0.25, -0.2) is 9.78 Å². The van der Waals surface area contributed by atoms with E-state index in [2.05, 4.69) is 16.0 Å². The summed E-state index contributed by atoms with van der Waals surface area (Å²) in [5.41, 5.74) is 7.44. The number of pyridine rings is 1. The van der Waals surface area contributed by atoms with E-state index in [-0.39, 0.29) is 17.3 Å². The van der Waals surface area contributed by atoms with Gasteiger partial charge in [-0.2, -0.15) is 0 Å². The first-order chi connectivity index (χ1) is 19.3. The van der Waals surface area contributed by atoms with Crippen LogP contribution >= 0.6 is 11.3 Å². The fourth-order valence-electron chi connectivity index (χ4n) is 4.91. The van der Waals surface area contributed by atoms with Gasteiger partial charge in [0.05, 0.1) is 32.8 Å². The maximum absolute atomic E-state index is 13.0. The van der Waals surface area contributed by atoms with Crippen molar-refractivity contribution < 1.29 is 14.7 Å². The zero-order chi connectivity index (χ0) is 28.0. The van der Waals surface area contributed by atoms with E-state index in [0.717, 1.165) is 60.6 Å². The highest BCUT2D eigenvalue weighted by Gasteiger charge is 2.25. The third-order valence-electron chi connectivity index (χ3n) is 6.89. The monoisotopic (exact) mass is 547 g/mol. The number of aromatic nitrogens is 4. The molecule has 8 nitrogen and oxygen atoms in total. The number of carboxylic acids is 1. The van der Waals surface area contributed by atoms with Crippen LogP contribution in [0.1, 0.15) is 15.4 Å². The van der Waals surface area contributed by atoms with Gasteiger partial charge in [-0.05, 0) is 42.3 Å². The summed E-state index contributed by atoms with van der Waals surface area (Å²) in [5, 5.41) is 10.7. The largest absolute Gasteiger partial charge is 0.477 e. The molecule has 0 radical (unpaired) electrons. The lowest BCUT2D eigenvalue weighted by molar-refractivity contribution is -0.129. The molecule has 40 heavy (non-hydrogen) atoms. The lowest BCUT2D eigenvalue weighted by Gasteiger charge is -2.16. The Kier molecular flexibility index (Phi) is 6.36. The fraction of sp³-hybridized carbons (Fsp3) is 0.129. The lowest BCUT2D eigenvalue weighted by atomic mass is 9.99. The van der Waals surface area contributed by atoms with Gasteiger partial charge in [0, 0.05) is 37.4 Å². The molecule has 6 rings (SSSR count). The van der Waals surface area contributed by atoms with Gasteiger partial charge in [0.15, 0.2) is 0 Å². The number of aromatic carboxylic acids is 1. The summed E-state index contributed by atoms with van der Waals surface area (Å²) in [5.74, 6) is -1.08. The standard InChI is InChI=1S/C31H25N5O3S/c1-18-28(33-14-13-32-18)23-12-9-20-15-21(10-11-22(20)34-23)29-27(19-7-5-4-6-8-19)30-24(16-25(40-30)31(38)39)36(29)17-26(37)35(2)3/h4-16H,17H2,1-3H3,(H,38,39). The van der Waals surface area contributed by atoms with Crippen molar-refractivity contribution >= 4 is 44.3 Å². The smallest absolute Gasteiger partial charge is 0.345 e. The average Bonchev–Trinajstić information content (AvgIpc) is 3.51. The molecule has 0 aliphatic rings. The van der Waals surface area contributed by atoms with Crippen molar-refractivity contribution in [2.24, 2.45) is 0 Å². The van der Waals surface area contributed by atoms with E-state index in [1.54, 1.807) is 37.5 Å². The van der Waals surface area contributed by atoms with Gasteiger partial charge in [0.2, 0.25) is 5.91 Å². The summed E-state index contributed by atoms with van der Waals surface area (Å²) >= 11 is 1.23. The molecule has 4 aromatic heterocycles. The SMILES string of the molecule is Cc1nccnc1-c1ccc2cc(-c3c(-c4ccccc4)c4sc(C(=O)O)cc4n3CC(=O)N(C)C)ccc2n1. The minimum absolute atomic E-state index is 0.0721. The molecular formula is C31H25N5O3S. The van der Waals surface area contributed by atoms with Crippen LogP contribution in [0, 0.1) is 6.92 Å². The Bertz CT molecular complexity index is 1920. The number of amides is 1. The van der Waals surface area contributed by atoms with E-state index in [1.807, 2.05) is 66.1 Å². The minimum Gasteiger partial charge on any atom is -0.477 e. The molecule has 1 amide bonds. The Morgan fingerprint density at radius 3 is 2.45 bits per heavy atom. The van der Waals surface area contributed by atoms with Crippen LogP contribution in [0.5, 0.6) is 0 Å². The second-order valence-electron chi connectivity index (χ2n) is 9.69. The summed E-state index contributed by atoms with van der Waals surface area (Å²) in [6.45, 7) is 1.98. The van der Waals surface area contributed by atoms with Gasteiger partial charge < -0.3 is 14.6 Å². The second kappa shape index (κ2) is 10.0. The molecule has 198 valence electrons. The summed E-state index contributed by atoms with van der Waals surface area (Å²) < 4.78 is 2.77. The molecule has 0 fully saturated rings. The van der Waals surface area contributed by atoms with Crippen LogP contribution in [0.4, 0.5) is 0 Å². The summed E-state index contributed by atoms with van der Waals surface area (Å²) in [4.78, 5) is 40.3. The van der Waals surface area contributed by atoms with Crippen molar-refractivity contribution in [3.05, 3.63) is 89.7 Å². The number of carbonyl (C=O) groups excluding carboxylic acids is 1. The van der Waals surface area contributed by atoms with Crippen LogP contribution in [0.15, 0.2) is 79.1 Å². The van der Waals surface area contributed by atoms with Crippen LogP contribution in [0.3, 0.4) is 0 Å². The number of hydrogen-bond donors (Lipinski definition) is 1. The predicted octanol–water partition coefficient (Wildman–Crippen LogP) is 6.14. The van der Waals surface area contributed by atoms with Crippen molar-refractivity contribution in [2.45, 2.75) is 13.5 Å². The van der Waals surface area contributed by atoms with Crippen LogP contribution < -0.4 is 0 Å².